The van der Waals surface area contributed by atoms with Gasteiger partial charge in [0.05, 0.1) is 0 Å². The fourth-order valence-corrected chi connectivity index (χ4v) is 3.53. The summed E-state index contributed by atoms with van der Waals surface area (Å²) in [7, 11) is 0. The van der Waals surface area contributed by atoms with Crippen molar-refractivity contribution in [3.8, 4) is 0 Å². The van der Waals surface area contributed by atoms with Crippen LogP contribution < -0.4 is 37.2 Å². The third-order valence-corrected chi connectivity index (χ3v) is 5.25. The molecule has 8 nitrogen and oxygen atoms in total. The Hall–Kier alpha value is -1.75. The molecule has 10 heteroatoms. The molecule has 1 aromatic rings. The molecule has 2 rings (SSSR count). The minimum absolute atomic E-state index is 0.0444. The number of rotatable bonds is 10. The Labute approximate surface area is 184 Å². The van der Waals surface area contributed by atoms with Gasteiger partial charge in [-0.1, -0.05) is 6.07 Å². The zero-order chi connectivity index (χ0) is 21.1. The van der Waals surface area contributed by atoms with Gasteiger partial charge in [-0.15, -0.1) is 0 Å². The summed E-state index contributed by atoms with van der Waals surface area (Å²) < 4.78 is 0. The van der Waals surface area contributed by atoms with Crippen LogP contribution in [-0.2, 0) is 6.42 Å². The predicted octanol–water partition coefficient (Wildman–Crippen LogP) is 0.959. The topological polar surface area (TPSA) is 88.3 Å². The minimum atomic E-state index is 0.0444. The zero-order valence-electron chi connectivity index (χ0n) is 17.5. The maximum absolute atomic E-state index is 5.27. The Morgan fingerprint density at radius 1 is 1.03 bits per heavy atom. The van der Waals surface area contributed by atoms with Crippen molar-refractivity contribution in [2.24, 2.45) is 0 Å². The van der Waals surface area contributed by atoms with E-state index >= 15 is 0 Å². The van der Waals surface area contributed by atoms with Crippen LogP contribution in [0, 0.1) is 0 Å². The van der Waals surface area contributed by atoms with E-state index in [1.165, 1.54) is 12.8 Å². The lowest BCUT2D eigenvalue weighted by atomic mass is 10.0. The number of pyridine rings is 1. The van der Waals surface area contributed by atoms with Crippen molar-refractivity contribution >= 4 is 40.5 Å². The highest BCUT2D eigenvalue weighted by atomic mass is 32.1. The van der Waals surface area contributed by atoms with Gasteiger partial charge in [-0.3, -0.25) is 10.9 Å². The highest BCUT2D eigenvalue weighted by Crippen LogP contribution is 2.18. The summed E-state index contributed by atoms with van der Waals surface area (Å²) in [6, 6.07) is 4.37. The molecule has 2 unspecified atom stereocenters. The van der Waals surface area contributed by atoms with Gasteiger partial charge in [-0.2, -0.15) is 0 Å². The molecule has 0 spiro atoms. The summed E-state index contributed by atoms with van der Waals surface area (Å²) in [5.74, 6) is 1.06. The molecule has 0 aliphatic carbocycles. The van der Waals surface area contributed by atoms with E-state index in [4.69, 9.17) is 24.4 Å². The van der Waals surface area contributed by atoms with Crippen molar-refractivity contribution in [3.05, 3.63) is 23.9 Å². The average molecular weight is 439 g/mol. The smallest absolute Gasteiger partial charge is 0.180 e. The second kappa shape index (κ2) is 12.7. The monoisotopic (exact) mass is 438 g/mol. The quantitative estimate of drug-likeness (QED) is 0.235. The lowest BCUT2D eigenvalue weighted by molar-refractivity contribution is 0.359. The maximum Gasteiger partial charge on any atom is 0.180 e. The summed E-state index contributed by atoms with van der Waals surface area (Å²) in [5, 5.41) is 7.30. The van der Waals surface area contributed by atoms with Crippen LogP contribution in [0.1, 0.15) is 39.2 Å². The number of nitrogens with one attached hydrogen (secondary N) is 6. The SMILES string of the molecule is CCNC(=S)NNC(C)C(Cc1ccc(N2CCCC2)nc1)NNC(=S)NCC. The summed E-state index contributed by atoms with van der Waals surface area (Å²) in [5.41, 5.74) is 13.8. The summed E-state index contributed by atoms with van der Waals surface area (Å²) in [6.45, 7) is 9.84. The average Bonchev–Trinajstić information content (AvgIpc) is 3.25. The minimum Gasteiger partial charge on any atom is -0.362 e. The van der Waals surface area contributed by atoms with E-state index in [2.05, 4.69) is 61.3 Å². The molecule has 0 bridgehead atoms. The number of thiocarbonyl (C=S) groups is 2. The van der Waals surface area contributed by atoms with Crippen LogP contribution in [0.4, 0.5) is 5.82 Å². The van der Waals surface area contributed by atoms with Gasteiger partial charge in [0, 0.05) is 44.5 Å². The molecule has 1 aliphatic rings. The molecule has 2 heterocycles. The second-order valence-corrected chi connectivity index (χ2v) is 7.89. The molecule has 0 saturated carbocycles. The first kappa shape index (κ1) is 23.5. The molecule has 1 aromatic heterocycles. The summed E-state index contributed by atoms with van der Waals surface area (Å²) in [4.78, 5) is 7.01. The number of hydrogen-bond acceptors (Lipinski definition) is 6. The number of nitrogens with zero attached hydrogens (tertiary/aromatic N) is 2. The van der Waals surface area contributed by atoms with Crippen LogP contribution in [0.25, 0.3) is 0 Å². The van der Waals surface area contributed by atoms with E-state index in [-0.39, 0.29) is 12.1 Å². The molecule has 2 atom stereocenters. The van der Waals surface area contributed by atoms with E-state index in [1.54, 1.807) is 0 Å². The lowest BCUT2D eigenvalue weighted by Crippen LogP contribution is -2.59. The van der Waals surface area contributed by atoms with Gasteiger partial charge >= 0.3 is 0 Å². The van der Waals surface area contributed by atoms with E-state index in [9.17, 15) is 0 Å². The number of hydrazine groups is 2. The van der Waals surface area contributed by atoms with Gasteiger partial charge < -0.3 is 15.5 Å². The Morgan fingerprint density at radius 2 is 1.66 bits per heavy atom. The molecule has 1 fully saturated rings. The zero-order valence-corrected chi connectivity index (χ0v) is 19.2. The molecule has 0 radical (unpaired) electrons. The van der Waals surface area contributed by atoms with Gasteiger partial charge in [0.25, 0.3) is 0 Å². The van der Waals surface area contributed by atoms with E-state index in [1.807, 2.05) is 20.0 Å². The summed E-state index contributed by atoms with van der Waals surface area (Å²) >= 11 is 10.5. The van der Waals surface area contributed by atoms with Crippen LogP contribution in [0.5, 0.6) is 0 Å². The van der Waals surface area contributed by atoms with Gasteiger partial charge in [0.2, 0.25) is 0 Å². The van der Waals surface area contributed by atoms with Crippen molar-refractivity contribution in [3.63, 3.8) is 0 Å². The molecule has 6 N–H and O–H groups in total. The first-order valence-corrected chi connectivity index (χ1v) is 11.1. The van der Waals surface area contributed by atoms with Crippen molar-refractivity contribution in [1.82, 2.24) is 37.3 Å². The van der Waals surface area contributed by atoms with E-state index in [0.717, 1.165) is 44.0 Å². The van der Waals surface area contributed by atoms with E-state index in [0.29, 0.717) is 10.2 Å². The molecule has 0 amide bonds. The number of hydrogen-bond donors (Lipinski definition) is 6. The van der Waals surface area contributed by atoms with Crippen molar-refractivity contribution < 1.29 is 0 Å². The fourth-order valence-electron chi connectivity index (χ4n) is 3.13. The number of aromatic nitrogens is 1. The van der Waals surface area contributed by atoms with Crippen molar-refractivity contribution in [2.75, 3.05) is 31.1 Å². The number of anilines is 1. The normalized spacial score (nSPS) is 15.5. The van der Waals surface area contributed by atoms with Crippen LogP contribution >= 0.6 is 24.4 Å². The first-order valence-electron chi connectivity index (χ1n) is 10.3. The third-order valence-electron chi connectivity index (χ3n) is 4.76. The fraction of sp³-hybridized carbons (Fsp3) is 0.632. The molecule has 1 saturated heterocycles. The molecule has 29 heavy (non-hydrogen) atoms. The Morgan fingerprint density at radius 3 is 2.21 bits per heavy atom. The summed E-state index contributed by atoms with van der Waals surface area (Å²) in [6.07, 6.45) is 5.24. The predicted molar refractivity (Wildman–Crippen MR) is 128 cm³/mol. The lowest BCUT2D eigenvalue weighted by Gasteiger charge is -2.28. The van der Waals surface area contributed by atoms with Crippen molar-refractivity contribution in [2.45, 2.75) is 52.1 Å². The molecule has 0 aromatic carbocycles. The molecule has 162 valence electrons. The van der Waals surface area contributed by atoms with Crippen LogP contribution in [0.15, 0.2) is 18.3 Å². The van der Waals surface area contributed by atoms with Crippen LogP contribution in [-0.4, -0.2) is 53.5 Å². The molecular formula is C19H34N8S2. The van der Waals surface area contributed by atoms with Gasteiger partial charge in [-0.05, 0) is 76.1 Å². The largest absolute Gasteiger partial charge is 0.362 e. The Bertz CT molecular complexity index is 634. The third kappa shape index (κ3) is 8.25. The standard InChI is InChI=1S/C19H34N8S2/c1-4-20-18(28)25-23-14(3)16(24-26-19(29)21-5-2)12-15-8-9-17(22-13-15)27-10-6-7-11-27/h8-9,13-14,16,23-24H,4-7,10-12H2,1-3H3,(H2,20,25,28)(H2,21,26,29). The van der Waals surface area contributed by atoms with Crippen LogP contribution in [0.2, 0.25) is 0 Å². The van der Waals surface area contributed by atoms with Crippen LogP contribution in [0.3, 0.4) is 0 Å². The van der Waals surface area contributed by atoms with Gasteiger partial charge in [-0.25, -0.2) is 15.8 Å². The first-order chi connectivity index (χ1) is 14.0. The Balaban J connectivity index is 1.97. The highest BCUT2D eigenvalue weighted by Gasteiger charge is 2.19. The second-order valence-electron chi connectivity index (χ2n) is 7.08. The maximum atomic E-state index is 5.27. The van der Waals surface area contributed by atoms with Gasteiger partial charge in [0.1, 0.15) is 5.82 Å². The highest BCUT2D eigenvalue weighted by molar-refractivity contribution is 7.80. The van der Waals surface area contributed by atoms with E-state index < -0.39 is 0 Å². The Kier molecular flexibility index (Phi) is 10.3. The van der Waals surface area contributed by atoms with Gasteiger partial charge in [0.15, 0.2) is 10.2 Å². The van der Waals surface area contributed by atoms with Crippen molar-refractivity contribution in [1.29, 1.82) is 0 Å². The molecular weight excluding hydrogens is 404 g/mol. The molecule has 1 aliphatic heterocycles.